The van der Waals surface area contributed by atoms with Gasteiger partial charge in [0.15, 0.2) is 0 Å². The number of unbranched alkanes of at least 4 members (excludes halogenated alkanes) is 4. The zero-order chi connectivity index (χ0) is 6.95. The fourth-order valence-electron chi connectivity index (χ4n) is 0.687. The van der Waals surface area contributed by atoms with Crippen LogP contribution in [0.1, 0.15) is 32.1 Å². The molecule has 0 N–H and O–H groups in total. The average Bonchev–Trinajstić information content (AvgIpc) is 1.89. The van der Waals surface area contributed by atoms with Crippen LogP contribution in [-0.4, -0.2) is 0 Å². The van der Waals surface area contributed by atoms with E-state index < -0.39 is 0 Å². The van der Waals surface area contributed by atoms with Gasteiger partial charge in [0.1, 0.15) is 6.67 Å². The third-order valence-corrected chi connectivity index (χ3v) is 1.22. The normalized spacial score (nSPS) is 9.44. The summed E-state index contributed by atoms with van der Waals surface area (Å²) in [6, 6.07) is 0. The van der Waals surface area contributed by atoms with Crippen LogP contribution in [0.3, 0.4) is 0 Å². The van der Waals surface area contributed by atoms with Gasteiger partial charge in [-0.05, 0) is 19.3 Å². The molecule has 0 aromatic carbocycles. The van der Waals surface area contributed by atoms with Crippen LogP contribution in [0, 0.1) is 6.67 Å². The highest BCUT2D eigenvalue weighted by Crippen LogP contribution is 2.04. The Morgan fingerprint density at radius 1 is 1.11 bits per heavy atom. The van der Waals surface area contributed by atoms with E-state index in [1.807, 2.05) is 6.08 Å². The molecule has 0 bridgehead atoms. The topological polar surface area (TPSA) is 0 Å². The van der Waals surface area contributed by atoms with Crippen molar-refractivity contribution in [2.24, 2.45) is 0 Å². The van der Waals surface area contributed by atoms with Gasteiger partial charge in [0.2, 0.25) is 0 Å². The molecule has 1 heteroatoms. The second-order valence-electron chi connectivity index (χ2n) is 2.08. The molecule has 0 aromatic rings. The minimum absolute atomic E-state index is 0.608. The van der Waals surface area contributed by atoms with Crippen molar-refractivity contribution in [3.8, 4) is 0 Å². The molecule has 0 fully saturated rings. The maximum Gasteiger partial charge on any atom is 0.131 e. The predicted octanol–water partition coefficient (Wildman–Crippen LogP) is 3.25. The van der Waals surface area contributed by atoms with Crippen LogP contribution >= 0.6 is 0 Å². The van der Waals surface area contributed by atoms with Gasteiger partial charge >= 0.3 is 0 Å². The van der Waals surface area contributed by atoms with Crippen molar-refractivity contribution < 1.29 is 4.39 Å². The molecule has 53 valence electrons. The second kappa shape index (κ2) is 7.67. The molecule has 9 heavy (non-hydrogen) atoms. The van der Waals surface area contributed by atoms with E-state index in [4.69, 9.17) is 0 Å². The molecule has 0 nitrogen and oxygen atoms in total. The molecule has 0 rings (SSSR count). The van der Waals surface area contributed by atoms with Crippen molar-refractivity contribution in [2.75, 3.05) is 0 Å². The van der Waals surface area contributed by atoms with Crippen molar-refractivity contribution in [2.45, 2.75) is 32.1 Å². The zero-order valence-corrected chi connectivity index (χ0v) is 5.78. The van der Waals surface area contributed by atoms with Crippen LogP contribution in [0.25, 0.3) is 0 Å². The fourth-order valence-corrected chi connectivity index (χ4v) is 0.687. The smallest absolute Gasteiger partial charge is 0.131 e. The van der Waals surface area contributed by atoms with Crippen LogP contribution in [0.4, 0.5) is 4.39 Å². The third kappa shape index (κ3) is 7.67. The van der Waals surface area contributed by atoms with Gasteiger partial charge in [0, 0.05) is 0 Å². The number of halogens is 1. The largest absolute Gasteiger partial charge is 0.244 e. The Bertz CT molecular complexity index is 59.6. The standard InChI is InChI=1S/C8H14F/c1-2-3-4-5-6-7-8-9/h2,8H,1,3-7H2. The Morgan fingerprint density at radius 2 is 1.78 bits per heavy atom. The first-order valence-corrected chi connectivity index (χ1v) is 3.44. The Labute approximate surface area is 56.8 Å². The summed E-state index contributed by atoms with van der Waals surface area (Å²) in [7, 11) is 0. The van der Waals surface area contributed by atoms with E-state index in [0.717, 1.165) is 32.4 Å². The first-order valence-electron chi connectivity index (χ1n) is 3.44. The van der Waals surface area contributed by atoms with Gasteiger partial charge in [-0.2, -0.15) is 0 Å². The second-order valence-corrected chi connectivity index (χ2v) is 2.08. The van der Waals surface area contributed by atoms with Gasteiger partial charge in [-0.1, -0.05) is 18.9 Å². The lowest BCUT2D eigenvalue weighted by molar-refractivity contribution is 0.544. The maximum absolute atomic E-state index is 11.4. The zero-order valence-electron chi connectivity index (χ0n) is 5.78. The van der Waals surface area contributed by atoms with E-state index in [9.17, 15) is 4.39 Å². The Balaban J connectivity index is 2.66. The van der Waals surface area contributed by atoms with Gasteiger partial charge in [0.25, 0.3) is 0 Å². The fraction of sp³-hybridized carbons (Fsp3) is 0.625. The number of hydrogen-bond donors (Lipinski definition) is 0. The molecule has 0 aromatic heterocycles. The summed E-state index contributed by atoms with van der Waals surface area (Å²) < 4.78 is 11.4. The third-order valence-electron chi connectivity index (χ3n) is 1.22. The highest BCUT2D eigenvalue weighted by molar-refractivity contribution is 4.65. The van der Waals surface area contributed by atoms with Gasteiger partial charge in [-0.3, -0.25) is 0 Å². The summed E-state index contributed by atoms with van der Waals surface area (Å²) in [5.41, 5.74) is 0. The summed E-state index contributed by atoms with van der Waals surface area (Å²) in [4.78, 5) is 0. The SMILES string of the molecule is C=CCCCCC[CH]F. The molecule has 0 saturated heterocycles. The molecule has 0 heterocycles. The van der Waals surface area contributed by atoms with Gasteiger partial charge < -0.3 is 0 Å². The molecule has 0 saturated carbocycles. The first kappa shape index (κ1) is 8.67. The van der Waals surface area contributed by atoms with E-state index in [2.05, 4.69) is 6.58 Å². The van der Waals surface area contributed by atoms with E-state index in [-0.39, 0.29) is 0 Å². The number of allylic oxidation sites excluding steroid dienone is 1. The minimum Gasteiger partial charge on any atom is -0.244 e. The van der Waals surface area contributed by atoms with E-state index >= 15 is 0 Å². The molecular formula is C8H14F. The van der Waals surface area contributed by atoms with Gasteiger partial charge in [-0.25, -0.2) is 4.39 Å². The van der Waals surface area contributed by atoms with Gasteiger partial charge in [0.05, 0.1) is 0 Å². The highest BCUT2D eigenvalue weighted by atomic mass is 19.1. The van der Waals surface area contributed by atoms with Crippen LogP contribution in [0.5, 0.6) is 0 Å². The van der Waals surface area contributed by atoms with Crippen molar-refractivity contribution in [1.29, 1.82) is 0 Å². The Morgan fingerprint density at radius 3 is 2.33 bits per heavy atom. The first-order chi connectivity index (χ1) is 4.41. The van der Waals surface area contributed by atoms with Crippen molar-refractivity contribution in [3.63, 3.8) is 0 Å². The predicted molar refractivity (Wildman–Crippen MR) is 38.7 cm³/mol. The average molecular weight is 129 g/mol. The maximum atomic E-state index is 11.4. The molecule has 0 atom stereocenters. The van der Waals surface area contributed by atoms with Crippen molar-refractivity contribution >= 4 is 0 Å². The van der Waals surface area contributed by atoms with Crippen molar-refractivity contribution in [1.82, 2.24) is 0 Å². The minimum atomic E-state index is 0.608. The van der Waals surface area contributed by atoms with E-state index in [1.54, 1.807) is 0 Å². The van der Waals surface area contributed by atoms with Crippen LogP contribution in [0.15, 0.2) is 12.7 Å². The Kier molecular flexibility index (Phi) is 7.39. The monoisotopic (exact) mass is 129 g/mol. The summed E-state index contributed by atoms with van der Waals surface area (Å²) in [6.07, 6.45) is 6.82. The number of hydrogen-bond acceptors (Lipinski definition) is 0. The number of rotatable bonds is 6. The van der Waals surface area contributed by atoms with E-state index in [0.29, 0.717) is 6.42 Å². The summed E-state index contributed by atoms with van der Waals surface area (Å²) >= 11 is 0. The molecule has 0 amide bonds. The van der Waals surface area contributed by atoms with Crippen molar-refractivity contribution in [3.05, 3.63) is 19.3 Å². The molecule has 0 aliphatic heterocycles. The molecule has 0 unspecified atom stereocenters. The summed E-state index contributed by atoms with van der Waals surface area (Å²) in [5.74, 6) is 0. The quantitative estimate of drug-likeness (QED) is 0.381. The molecule has 1 radical (unpaired) electrons. The summed E-state index contributed by atoms with van der Waals surface area (Å²) in [6.45, 7) is 4.33. The van der Waals surface area contributed by atoms with Gasteiger partial charge in [-0.15, -0.1) is 6.58 Å². The van der Waals surface area contributed by atoms with Crippen LogP contribution in [-0.2, 0) is 0 Å². The molecule has 0 spiro atoms. The highest BCUT2D eigenvalue weighted by Gasteiger charge is 1.86. The van der Waals surface area contributed by atoms with Crippen LogP contribution in [0.2, 0.25) is 0 Å². The van der Waals surface area contributed by atoms with E-state index in [1.165, 1.54) is 0 Å². The molecular weight excluding hydrogens is 115 g/mol. The Hall–Kier alpha value is -0.330. The molecule has 0 aliphatic carbocycles. The molecule has 0 aliphatic rings. The lowest BCUT2D eigenvalue weighted by atomic mass is 10.1. The van der Waals surface area contributed by atoms with Crippen LogP contribution < -0.4 is 0 Å². The lowest BCUT2D eigenvalue weighted by Crippen LogP contribution is -1.74. The lowest BCUT2D eigenvalue weighted by Gasteiger charge is -1.93. The summed E-state index contributed by atoms with van der Waals surface area (Å²) in [5, 5.41) is 0.